The number of benzene rings is 1. The average molecular weight is 274 g/mol. The van der Waals surface area contributed by atoms with Gasteiger partial charge in [-0.3, -0.25) is 0 Å². The van der Waals surface area contributed by atoms with Gasteiger partial charge in [0.2, 0.25) is 0 Å². The van der Waals surface area contributed by atoms with E-state index in [1.165, 1.54) is 6.07 Å². The fraction of sp³-hybridized carbons (Fsp3) is 0.333. The van der Waals surface area contributed by atoms with Crippen LogP contribution in [-0.4, -0.2) is 23.6 Å². The van der Waals surface area contributed by atoms with Crippen LogP contribution in [0.1, 0.15) is 17.0 Å². The Morgan fingerprint density at radius 1 is 1.10 bits per heavy atom. The molecular formula is C15H19FN4. The Kier molecular flexibility index (Phi) is 4.50. The third-order valence-corrected chi connectivity index (χ3v) is 3.10. The summed E-state index contributed by atoms with van der Waals surface area (Å²) in [4.78, 5) is 8.57. The number of nitrogens with zero attached hydrogens (tertiary/aromatic N) is 2. The summed E-state index contributed by atoms with van der Waals surface area (Å²) < 4.78 is 13.0. The lowest BCUT2D eigenvalue weighted by Gasteiger charge is -2.09. The minimum Gasteiger partial charge on any atom is -0.373 e. The molecule has 106 valence electrons. The number of aryl methyl sites for hydroxylation is 2. The summed E-state index contributed by atoms with van der Waals surface area (Å²) in [5, 5.41) is 6.26. The van der Waals surface area contributed by atoms with E-state index < -0.39 is 0 Å². The first kappa shape index (κ1) is 14.2. The lowest BCUT2D eigenvalue weighted by atomic mass is 10.1. The summed E-state index contributed by atoms with van der Waals surface area (Å²) in [6.45, 7) is 4.52. The van der Waals surface area contributed by atoms with Gasteiger partial charge >= 0.3 is 0 Å². The zero-order chi connectivity index (χ0) is 14.5. The molecule has 0 amide bonds. The van der Waals surface area contributed by atoms with E-state index in [2.05, 4.69) is 20.6 Å². The van der Waals surface area contributed by atoms with Crippen molar-refractivity contribution in [2.45, 2.75) is 20.3 Å². The maximum absolute atomic E-state index is 13.0. The van der Waals surface area contributed by atoms with Gasteiger partial charge < -0.3 is 10.6 Å². The van der Waals surface area contributed by atoms with Gasteiger partial charge in [0, 0.05) is 19.7 Å². The number of halogens is 1. The van der Waals surface area contributed by atoms with Gasteiger partial charge in [0.15, 0.2) is 0 Å². The monoisotopic (exact) mass is 274 g/mol. The second-order valence-corrected chi connectivity index (χ2v) is 4.68. The molecule has 0 fully saturated rings. The Labute approximate surface area is 118 Å². The van der Waals surface area contributed by atoms with Crippen molar-refractivity contribution in [3.8, 4) is 0 Å². The molecule has 0 saturated heterocycles. The van der Waals surface area contributed by atoms with Gasteiger partial charge in [-0.1, -0.05) is 6.07 Å². The van der Waals surface area contributed by atoms with Crippen LogP contribution in [0.15, 0.2) is 24.3 Å². The van der Waals surface area contributed by atoms with Gasteiger partial charge in [0.25, 0.3) is 0 Å². The minimum atomic E-state index is -0.190. The van der Waals surface area contributed by atoms with Crippen molar-refractivity contribution in [2.75, 3.05) is 24.2 Å². The van der Waals surface area contributed by atoms with Crippen LogP contribution < -0.4 is 10.6 Å². The molecule has 0 spiro atoms. The van der Waals surface area contributed by atoms with E-state index in [0.29, 0.717) is 0 Å². The minimum absolute atomic E-state index is 0.190. The molecule has 0 aliphatic carbocycles. The van der Waals surface area contributed by atoms with Crippen LogP contribution in [0.5, 0.6) is 0 Å². The third-order valence-electron chi connectivity index (χ3n) is 3.10. The Morgan fingerprint density at radius 3 is 2.55 bits per heavy atom. The molecule has 0 saturated carbocycles. The number of hydrogen-bond acceptors (Lipinski definition) is 4. The van der Waals surface area contributed by atoms with E-state index in [-0.39, 0.29) is 5.82 Å². The van der Waals surface area contributed by atoms with E-state index in [1.54, 1.807) is 6.07 Å². The molecule has 0 aliphatic heterocycles. The Balaban J connectivity index is 1.97. The highest BCUT2D eigenvalue weighted by Gasteiger charge is 2.02. The zero-order valence-electron chi connectivity index (χ0n) is 12.0. The molecule has 0 unspecified atom stereocenters. The number of anilines is 2. The Hall–Kier alpha value is -2.17. The van der Waals surface area contributed by atoms with Crippen LogP contribution in [0.4, 0.5) is 16.0 Å². The predicted molar refractivity (Wildman–Crippen MR) is 79.6 cm³/mol. The molecule has 1 aromatic carbocycles. The van der Waals surface area contributed by atoms with Crippen LogP contribution in [0.25, 0.3) is 0 Å². The van der Waals surface area contributed by atoms with Gasteiger partial charge in [0.1, 0.15) is 23.3 Å². The molecular weight excluding hydrogens is 255 g/mol. The van der Waals surface area contributed by atoms with Gasteiger partial charge in [-0.15, -0.1) is 0 Å². The summed E-state index contributed by atoms with van der Waals surface area (Å²) in [6, 6.07) is 6.75. The second-order valence-electron chi connectivity index (χ2n) is 4.68. The summed E-state index contributed by atoms with van der Waals surface area (Å²) >= 11 is 0. The molecule has 4 nitrogen and oxygen atoms in total. The van der Waals surface area contributed by atoms with E-state index in [1.807, 2.05) is 33.0 Å². The number of hydrogen-bond donors (Lipinski definition) is 2. The second kappa shape index (κ2) is 6.32. The molecule has 0 atom stereocenters. The topological polar surface area (TPSA) is 49.8 Å². The largest absolute Gasteiger partial charge is 0.373 e. The highest BCUT2D eigenvalue weighted by molar-refractivity contribution is 5.47. The number of nitrogens with one attached hydrogen (secondary N) is 2. The lowest BCUT2D eigenvalue weighted by molar-refractivity contribution is 0.625. The van der Waals surface area contributed by atoms with Crippen molar-refractivity contribution in [1.82, 2.24) is 9.97 Å². The van der Waals surface area contributed by atoms with E-state index in [4.69, 9.17) is 0 Å². The smallest absolute Gasteiger partial charge is 0.131 e. The van der Waals surface area contributed by atoms with E-state index in [0.717, 1.165) is 41.6 Å². The van der Waals surface area contributed by atoms with Gasteiger partial charge in [-0.25, -0.2) is 14.4 Å². The molecule has 2 N–H and O–H groups in total. The quantitative estimate of drug-likeness (QED) is 0.880. The predicted octanol–water partition coefficient (Wildman–Crippen LogP) is 2.93. The SMILES string of the molecule is CNc1cc(NCCc2ccc(F)cc2C)nc(C)n1. The Bertz CT molecular complexity index is 598. The standard InChI is InChI=1S/C15H19FN4/c1-10-8-13(16)5-4-12(10)6-7-18-15-9-14(17-3)19-11(2)20-15/h4-5,8-9H,6-7H2,1-3H3,(H2,17,18,19,20). The lowest BCUT2D eigenvalue weighted by Crippen LogP contribution is -2.09. The summed E-state index contributed by atoms with van der Waals surface area (Å²) in [7, 11) is 1.83. The first-order valence-electron chi connectivity index (χ1n) is 6.61. The fourth-order valence-electron chi connectivity index (χ4n) is 2.05. The maximum atomic E-state index is 13.0. The first-order valence-corrected chi connectivity index (χ1v) is 6.61. The third kappa shape index (κ3) is 3.66. The molecule has 20 heavy (non-hydrogen) atoms. The molecule has 0 radical (unpaired) electrons. The normalized spacial score (nSPS) is 10.4. The van der Waals surface area contributed by atoms with E-state index >= 15 is 0 Å². The zero-order valence-corrected chi connectivity index (χ0v) is 12.0. The summed E-state index contributed by atoms with van der Waals surface area (Å²) in [5.41, 5.74) is 2.11. The highest BCUT2D eigenvalue weighted by atomic mass is 19.1. The van der Waals surface area contributed by atoms with Crippen molar-refractivity contribution >= 4 is 11.6 Å². The molecule has 0 bridgehead atoms. The molecule has 1 aromatic heterocycles. The molecule has 0 aliphatic rings. The summed E-state index contributed by atoms with van der Waals surface area (Å²) in [5.74, 6) is 2.11. The Morgan fingerprint density at radius 2 is 1.85 bits per heavy atom. The molecule has 2 rings (SSSR count). The van der Waals surface area contributed by atoms with E-state index in [9.17, 15) is 4.39 Å². The van der Waals surface area contributed by atoms with Crippen molar-refractivity contribution < 1.29 is 4.39 Å². The van der Waals surface area contributed by atoms with Gasteiger partial charge in [0.05, 0.1) is 0 Å². The van der Waals surface area contributed by atoms with Crippen molar-refractivity contribution in [1.29, 1.82) is 0 Å². The number of aromatic nitrogens is 2. The molecule has 5 heteroatoms. The van der Waals surface area contributed by atoms with Crippen molar-refractivity contribution in [3.63, 3.8) is 0 Å². The van der Waals surface area contributed by atoms with Crippen molar-refractivity contribution in [2.24, 2.45) is 0 Å². The fourth-order valence-corrected chi connectivity index (χ4v) is 2.05. The molecule has 2 aromatic rings. The highest BCUT2D eigenvalue weighted by Crippen LogP contribution is 2.13. The van der Waals surface area contributed by atoms with Crippen molar-refractivity contribution in [3.05, 3.63) is 47.0 Å². The van der Waals surface area contributed by atoms with Crippen LogP contribution in [-0.2, 0) is 6.42 Å². The van der Waals surface area contributed by atoms with Crippen LogP contribution >= 0.6 is 0 Å². The molecule has 1 heterocycles. The average Bonchev–Trinajstić information content (AvgIpc) is 2.40. The van der Waals surface area contributed by atoms with Crippen LogP contribution in [0.2, 0.25) is 0 Å². The number of rotatable bonds is 5. The van der Waals surface area contributed by atoms with Crippen LogP contribution in [0, 0.1) is 19.7 Å². The van der Waals surface area contributed by atoms with Crippen LogP contribution in [0.3, 0.4) is 0 Å². The van der Waals surface area contributed by atoms with Gasteiger partial charge in [-0.05, 0) is 43.5 Å². The first-order chi connectivity index (χ1) is 9.58. The maximum Gasteiger partial charge on any atom is 0.131 e. The van der Waals surface area contributed by atoms with Gasteiger partial charge in [-0.2, -0.15) is 0 Å². The summed E-state index contributed by atoms with van der Waals surface area (Å²) in [6.07, 6.45) is 0.823.